The SMILES string of the molecule is O=C(N1CC2(CC(Cc3ncc(F)cc3Cl)C2)C1)N1CC2(CC(c3nc(C4CC(F)(F)C4)n[nH]3)C2)C1. The molecular formula is C25H28ClF3N6O. The highest BCUT2D eigenvalue weighted by Crippen LogP contribution is 2.57. The van der Waals surface area contributed by atoms with E-state index in [4.69, 9.17) is 11.6 Å². The second kappa shape index (κ2) is 7.58. The maximum absolute atomic E-state index is 13.2. The Balaban J connectivity index is 0.843. The van der Waals surface area contributed by atoms with Crippen LogP contribution in [-0.2, 0) is 6.42 Å². The smallest absolute Gasteiger partial charge is 0.320 e. The number of carbonyl (C=O) groups excluding carboxylic acids is 1. The summed E-state index contributed by atoms with van der Waals surface area (Å²) in [5.74, 6) is -1.15. The van der Waals surface area contributed by atoms with Crippen molar-refractivity contribution in [3.8, 4) is 0 Å². The summed E-state index contributed by atoms with van der Waals surface area (Å²) in [5.41, 5.74) is 1.15. The zero-order valence-electron chi connectivity index (χ0n) is 19.8. The van der Waals surface area contributed by atoms with Crippen molar-refractivity contribution in [3.05, 3.63) is 40.4 Å². The first-order chi connectivity index (χ1) is 17.1. The van der Waals surface area contributed by atoms with E-state index in [0.29, 0.717) is 16.8 Å². The van der Waals surface area contributed by atoms with Crippen LogP contribution >= 0.6 is 11.6 Å². The minimum atomic E-state index is -2.57. The molecule has 0 bridgehead atoms. The summed E-state index contributed by atoms with van der Waals surface area (Å²) >= 11 is 6.12. The Morgan fingerprint density at radius 3 is 2.28 bits per heavy atom. The number of aromatic nitrogens is 4. The number of alkyl halides is 2. The molecule has 0 atom stereocenters. The van der Waals surface area contributed by atoms with Gasteiger partial charge in [-0.05, 0) is 44.1 Å². The van der Waals surface area contributed by atoms with Crippen LogP contribution in [0.25, 0.3) is 0 Å². The van der Waals surface area contributed by atoms with Gasteiger partial charge < -0.3 is 9.80 Å². The van der Waals surface area contributed by atoms with Crippen LogP contribution in [0, 0.1) is 22.6 Å². The summed E-state index contributed by atoms with van der Waals surface area (Å²) in [7, 11) is 0. The fourth-order valence-corrected chi connectivity index (χ4v) is 7.60. The molecule has 2 aromatic rings. The zero-order valence-corrected chi connectivity index (χ0v) is 20.6. The molecule has 2 spiro atoms. The number of aromatic amines is 1. The molecule has 4 heterocycles. The van der Waals surface area contributed by atoms with Gasteiger partial charge in [-0.15, -0.1) is 0 Å². The average Bonchev–Trinajstić information content (AvgIpc) is 3.15. The molecule has 36 heavy (non-hydrogen) atoms. The zero-order chi connectivity index (χ0) is 24.9. The Hall–Kier alpha value is -2.36. The molecule has 2 saturated heterocycles. The standard InChI is InChI=1S/C25H28ClF3N6O/c26-18-2-17(27)9-30-19(18)1-14-3-23(4-14)10-34(11-23)22(36)35-12-24(13-35)5-15(6-24)20-31-21(33-32-20)16-7-25(28,29)8-16/h2,9,14-16H,1,3-8,10-13H2,(H,31,32,33). The molecule has 5 fully saturated rings. The lowest BCUT2D eigenvalue weighted by atomic mass is 9.56. The number of H-pyrrole nitrogens is 1. The van der Waals surface area contributed by atoms with Crippen LogP contribution < -0.4 is 0 Å². The van der Waals surface area contributed by atoms with Crippen LogP contribution in [0.2, 0.25) is 5.02 Å². The number of rotatable bonds is 4. The second-order valence-corrected chi connectivity index (χ2v) is 12.6. The van der Waals surface area contributed by atoms with Gasteiger partial charge >= 0.3 is 6.03 Å². The third kappa shape index (κ3) is 3.70. The van der Waals surface area contributed by atoms with Crippen molar-refractivity contribution in [1.82, 2.24) is 30.0 Å². The fraction of sp³-hybridized carbons (Fsp3) is 0.680. The van der Waals surface area contributed by atoms with Gasteiger partial charge in [-0.1, -0.05) is 11.6 Å². The third-order valence-electron chi connectivity index (χ3n) is 9.18. The van der Waals surface area contributed by atoms with E-state index in [9.17, 15) is 18.0 Å². The fourth-order valence-electron chi connectivity index (χ4n) is 7.37. The van der Waals surface area contributed by atoms with Crippen molar-refractivity contribution < 1.29 is 18.0 Å². The first kappa shape index (κ1) is 22.8. The third-order valence-corrected chi connectivity index (χ3v) is 9.50. The van der Waals surface area contributed by atoms with E-state index in [0.717, 1.165) is 69.8 Å². The summed E-state index contributed by atoms with van der Waals surface area (Å²) in [6.45, 7) is 3.16. The van der Waals surface area contributed by atoms with Gasteiger partial charge in [-0.3, -0.25) is 10.1 Å². The monoisotopic (exact) mass is 520 g/mol. The van der Waals surface area contributed by atoms with E-state index in [1.54, 1.807) is 0 Å². The quantitative estimate of drug-likeness (QED) is 0.630. The molecule has 7 nitrogen and oxygen atoms in total. The van der Waals surface area contributed by atoms with Crippen molar-refractivity contribution in [2.45, 2.75) is 62.7 Å². The molecule has 1 N–H and O–H groups in total. The van der Waals surface area contributed by atoms with E-state index in [1.165, 1.54) is 12.3 Å². The number of pyridine rings is 1. The van der Waals surface area contributed by atoms with Gasteiger partial charge in [0, 0.05) is 61.7 Å². The summed E-state index contributed by atoms with van der Waals surface area (Å²) in [6.07, 6.45) is 5.67. The Morgan fingerprint density at radius 2 is 1.67 bits per heavy atom. The number of carbonyl (C=O) groups is 1. The van der Waals surface area contributed by atoms with Crippen molar-refractivity contribution in [3.63, 3.8) is 0 Å². The topological polar surface area (TPSA) is 78.0 Å². The van der Waals surface area contributed by atoms with E-state index in [2.05, 4.69) is 20.2 Å². The van der Waals surface area contributed by atoms with Gasteiger partial charge in [-0.2, -0.15) is 5.10 Å². The maximum Gasteiger partial charge on any atom is 0.320 e. The molecule has 192 valence electrons. The molecule has 3 aliphatic carbocycles. The molecular weight excluding hydrogens is 493 g/mol. The maximum atomic E-state index is 13.2. The molecule has 5 aliphatic rings. The number of urea groups is 1. The highest BCUT2D eigenvalue weighted by molar-refractivity contribution is 6.31. The first-order valence-corrected chi connectivity index (χ1v) is 13.1. The van der Waals surface area contributed by atoms with Crippen molar-refractivity contribution in [2.75, 3.05) is 26.2 Å². The minimum absolute atomic E-state index is 0.134. The predicted molar refractivity (Wildman–Crippen MR) is 124 cm³/mol. The highest BCUT2D eigenvalue weighted by atomic mass is 35.5. The predicted octanol–water partition coefficient (Wildman–Crippen LogP) is 4.76. The lowest BCUT2D eigenvalue weighted by Gasteiger charge is -2.63. The van der Waals surface area contributed by atoms with Crippen molar-refractivity contribution in [1.29, 1.82) is 0 Å². The molecule has 2 aromatic heterocycles. The van der Waals surface area contributed by atoms with Crippen LogP contribution in [-0.4, -0.2) is 68.1 Å². The summed E-state index contributed by atoms with van der Waals surface area (Å²) in [6, 6.07) is 1.45. The van der Waals surface area contributed by atoms with Gasteiger partial charge in [0.25, 0.3) is 0 Å². The molecule has 0 unspecified atom stereocenters. The summed E-state index contributed by atoms with van der Waals surface area (Å²) in [4.78, 5) is 25.5. The van der Waals surface area contributed by atoms with Crippen LogP contribution in [0.5, 0.6) is 0 Å². The number of halogens is 4. The number of hydrogen-bond donors (Lipinski definition) is 1. The Morgan fingerprint density at radius 1 is 1.03 bits per heavy atom. The molecule has 0 radical (unpaired) electrons. The molecule has 0 aromatic carbocycles. The van der Waals surface area contributed by atoms with Gasteiger partial charge in [0.05, 0.1) is 16.9 Å². The lowest BCUT2D eigenvalue weighted by Crippen LogP contribution is -2.71. The highest BCUT2D eigenvalue weighted by Gasteiger charge is 2.59. The van der Waals surface area contributed by atoms with Crippen LogP contribution in [0.3, 0.4) is 0 Å². The van der Waals surface area contributed by atoms with Crippen molar-refractivity contribution in [2.24, 2.45) is 16.7 Å². The Bertz CT molecular complexity index is 1200. The second-order valence-electron chi connectivity index (χ2n) is 12.2. The molecule has 3 saturated carbocycles. The van der Waals surface area contributed by atoms with Gasteiger partial charge in [-0.25, -0.2) is 22.9 Å². The molecule has 7 rings (SSSR count). The minimum Gasteiger partial charge on any atom is -0.323 e. The molecule has 2 aliphatic heterocycles. The first-order valence-electron chi connectivity index (χ1n) is 12.7. The summed E-state index contributed by atoms with van der Waals surface area (Å²) in [5, 5.41) is 7.53. The Kier molecular flexibility index (Phi) is 4.80. The molecule has 2 amide bonds. The normalized spacial score (nSPS) is 26.2. The summed E-state index contributed by atoms with van der Waals surface area (Å²) < 4.78 is 39.5. The van der Waals surface area contributed by atoms with Crippen LogP contribution in [0.4, 0.5) is 18.0 Å². The number of nitrogens with one attached hydrogen (secondary N) is 1. The van der Waals surface area contributed by atoms with Crippen LogP contribution in [0.1, 0.15) is 67.7 Å². The number of hydrogen-bond acceptors (Lipinski definition) is 4. The largest absolute Gasteiger partial charge is 0.323 e. The van der Waals surface area contributed by atoms with E-state index >= 15 is 0 Å². The average molecular weight is 521 g/mol. The molecule has 11 heteroatoms. The number of amides is 2. The number of likely N-dealkylation sites (tertiary alicyclic amines) is 2. The van der Waals surface area contributed by atoms with E-state index in [1.807, 2.05) is 9.80 Å². The lowest BCUT2D eigenvalue weighted by molar-refractivity contribution is -0.101. The van der Waals surface area contributed by atoms with Gasteiger partial charge in [0.2, 0.25) is 5.92 Å². The van der Waals surface area contributed by atoms with Gasteiger partial charge in [0.1, 0.15) is 11.6 Å². The Labute approximate surface area is 211 Å². The number of nitrogens with zero attached hydrogens (tertiary/aromatic N) is 5. The van der Waals surface area contributed by atoms with Crippen molar-refractivity contribution >= 4 is 17.6 Å². The van der Waals surface area contributed by atoms with E-state index in [-0.39, 0.29) is 41.5 Å². The van der Waals surface area contributed by atoms with Gasteiger partial charge in [0.15, 0.2) is 5.82 Å². The van der Waals surface area contributed by atoms with E-state index < -0.39 is 11.7 Å². The van der Waals surface area contributed by atoms with Crippen LogP contribution in [0.15, 0.2) is 12.3 Å².